The summed E-state index contributed by atoms with van der Waals surface area (Å²) in [6.45, 7) is 2.34. The minimum Gasteiger partial charge on any atom is -0.143 e. The Bertz CT molecular complexity index is 2760. The number of rotatable bonds is 9. The summed E-state index contributed by atoms with van der Waals surface area (Å²) >= 11 is 20.9. The SMILES string of the molecule is CC(c1ccccc1)(c1cc(-c2ccc(S)c(-c3ccccc3)c2)cc(-c2ccccc2)c1S)c1cc(-c2ccc(S)c(-c3ccccc3)c2)cc(-c2ccccc2)c1S. The van der Waals surface area contributed by atoms with E-state index in [0.717, 1.165) is 103 Å². The summed E-state index contributed by atoms with van der Waals surface area (Å²) in [6.07, 6.45) is 0. The van der Waals surface area contributed by atoms with E-state index in [2.05, 4.69) is 207 Å². The first-order chi connectivity index (χ1) is 29.3. The number of hydrogen-bond donors (Lipinski definition) is 4. The first kappa shape index (κ1) is 39.8. The van der Waals surface area contributed by atoms with Crippen LogP contribution in [0.25, 0.3) is 66.8 Å². The molecule has 0 N–H and O–H groups in total. The monoisotopic (exact) mass is 842 g/mol. The van der Waals surface area contributed by atoms with Crippen LogP contribution in [0.2, 0.25) is 0 Å². The molecular formula is C56H42S4. The Kier molecular flexibility index (Phi) is 11.4. The summed E-state index contributed by atoms with van der Waals surface area (Å²) in [6, 6.07) is 75.3. The van der Waals surface area contributed by atoms with E-state index >= 15 is 0 Å². The van der Waals surface area contributed by atoms with Crippen molar-refractivity contribution in [1.29, 1.82) is 0 Å². The highest BCUT2D eigenvalue weighted by Gasteiger charge is 2.37. The van der Waals surface area contributed by atoms with E-state index in [4.69, 9.17) is 50.5 Å². The predicted molar refractivity (Wildman–Crippen MR) is 267 cm³/mol. The van der Waals surface area contributed by atoms with Gasteiger partial charge in [-0.3, -0.25) is 0 Å². The highest BCUT2D eigenvalue weighted by Crippen LogP contribution is 2.51. The van der Waals surface area contributed by atoms with Crippen LogP contribution in [0.1, 0.15) is 23.6 Å². The Morgan fingerprint density at radius 3 is 0.933 bits per heavy atom. The van der Waals surface area contributed by atoms with E-state index in [1.165, 1.54) is 0 Å². The number of thiol groups is 4. The van der Waals surface area contributed by atoms with Crippen LogP contribution in [-0.4, -0.2) is 0 Å². The number of benzene rings is 9. The summed E-state index contributed by atoms with van der Waals surface area (Å²) in [5.41, 5.74) is 15.7. The zero-order valence-electron chi connectivity index (χ0n) is 33.0. The third kappa shape index (κ3) is 7.66. The molecule has 0 atom stereocenters. The highest BCUT2D eigenvalue weighted by atomic mass is 32.1. The van der Waals surface area contributed by atoms with Gasteiger partial charge in [0.1, 0.15) is 0 Å². The van der Waals surface area contributed by atoms with E-state index < -0.39 is 5.41 Å². The standard InChI is InChI=1S/C56H42S4/c1-56(45-25-15-6-16-26-45,50-35-43(33-48(54(50)59)39-21-11-4-12-22-39)41-27-29-52(57)46(31-41)37-17-7-2-8-18-37)51-36-44(34-49(55(51)60)40-23-13-5-14-24-40)42-28-30-53(58)47(32-42)38-19-9-3-10-20-38/h2-36,57-60H,1H3. The van der Waals surface area contributed by atoms with Crippen LogP contribution in [0, 0.1) is 0 Å². The van der Waals surface area contributed by atoms with Gasteiger partial charge in [-0.25, -0.2) is 0 Å². The summed E-state index contributed by atoms with van der Waals surface area (Å²) < 4.78 is 0. The molecule has 4 heteroatoms. The van der Waals surface area contributed by atoms with Gasteiger partial charge in [0.2, 0.25) is 0 Å². The van der Waals surface area contributed by atoms with Gasteiger partial charge in [0.05, 0.1) is 0 Å². The third-order valence-corrected chi connectivity index (χ3v) is 13.4. The van der Waals surface area contributed by atoms with Crippen molar-refractivity contribution >= 4 is 50.5 Å². The fraction of sp³-hybridized carbons (Fsp3) is 0.0357. The van der Waals surface area contributed by atoms with Gasteiger partial charge in [-0.2, -0.15) is 0 Å². The lowest BCUT2D eigenvalue weighted by atomic mass is 9.69. The molecular weight excluding hydrogens is 801 g/mol. The van der Waals surface area contributed by atoms with Crippen molar-refractivity contribution in [1.82, 2.24) is 0 Å². The molecule has 0 saturated heterocycles. The molecule has 9 rings (SSSR count). The molecule has 0 fully saturated rings. The molecule has 60 heavy (non-hydrogen) atoms. The Balaban J connectivity index is 1.35. The van der Waals surface area contributed by atoms with Gasteiger partial charge in [-0.05, 0) is 139 Å². The van der Waals surface area contributed by atoms with Gasteiger partial charge in [-0.15, -0.1) is 50.5 Å². The second-order valence-corrected chi connectivity index (χ2v) is 17.1. The van der Waals surface area contributed by atoms with E-state index in [0.29, 0.717) is 0 Å². The zero-order chi connectivity index (χ0) is 41.2. The second kappa shape index (κ2) is 17.2. The van der Waals surface area contributed by atoms with E-state index in [1.807, 2.05) is 12.1 Å². The average molecular weight is 843 g/mol. The zero-order valence-corrected chi connectivity index (χ0v) is 36.6. The molecule has 0 amide bonds. The summed E-state index contributed by atoms with van der Waals surface area (Å²) in [4.78, 5) is 3.69. The average Bonchev–Trinajstić information content (AvgIpc) is 3.31. The van der Waals surface area contributed by atoms with Crippen molar-refractivity contribution in [3.63, 3.8) is 0 Å². The Morgan fingerprint density at radius 2 is 0.583 bits per heavy atom. The van der Waals surface area contributed by atoms with Crippen LogP contribution in [0.15, 0.2) is 232 Å². The van der Waals surface area contributed by atoms with Crippen LogP contribution in [-0.2, 0) is 5.41 Å². The fourth-order valence-electron chi connectivity index (χ4n) is 8.40. The molecule has 0 aliphatic carbocycles. The maximum absolute atomic E-state index is 5.52. The molecule has 290 valence electrons. The van der Waals surface area contributed by atoms with Crippen LogP contribution in [0.5, 0.6) is 0 Å². The molecule has 0 aliphatic heterocycles. The lowest BCUT2D eigenvalue weighted by Crippen LogP contribution is -2.27. The molecule has 0 spiro atoms. The Morgan fingerprint density at radius 1 is 0.283 bits per heavy atom. The molecule has 0 radical (unpaired) electrons. The van der Waals surface area contributed by atoms with Crippen molar-refractivity contribution in [3.05, 3.63) is 229 Å². The van der Waals surface area contributed by atoms with E-state index in [-0.39, 0.29) is 0 Å². The first-order valence-electron chi connectivity index (χ1n) is 20.0. The van der Waals surface area contributed by atoms with Gasteiger partial charge in [0.15, 0.2) is 0 Å². The minimum atomic E-state index is -0.730. The van der Waals surface area contributed by atoms with Crippen LogP contribution in [0.3, 0.4) is 0 Å². The van der Waals surface area contributed by atoms with Gasteiger partial charge in [0, 0.05) is 25.0 Å². The Hall–Kier alpha value is -5.62. The molecule has 0 aromatic heterocycles. The van der Waals surface area contributed by atoms with Crippen LogP contribution in [0.4, 0.5) is 0 Å². The second-order valence-electron chi connectivity index (χ2n) is 15.3. The van der Waals surface area contributed by atoms with Gasteiger partial charge < -0.3 is 0 Å². The fourth-order valence-corrected chi connectivity index (χ4v) is 9.90. The largest absolute Gasteiger partial charge is 0.143 e. The quantitative estimate of drug-likeness (QED) is 0.0808. The molecule has 0 aliphatic rings. The topological polar surface area (TPSA) is 0 Å². The van der Waals surface area contributed by atoms with Crippen LogP contribution >= 0.6 is 50.5 Å². The lowest BCUT2D eigenvalue weighted by Gasteiger charge is -2.36. The van der Waals surface area contributed by atoms with Gasteiger partial charge in [-0.1, -0.05) is 164 Å². The third-order valence-electron chi connectivity index (χ3n) is 11.6. The van der Waals surface area contributed by atoms with Crippen molar-refractivity contribution in [2.45, 2.75) is 31.9 Å². The lowest BCUT2D eigenvalue weighted by molar-refractivity contribution is 0.665. The molecule has 0 nitrogen and oxygen atoms in total. The predicted octanol–water partition coefficient (Wildman–Crippen LogP) is 16.2. The van der Waals surface area contributed by atoms with Crippen molar-refractivity contribution in [2.75, 3.05) is 0 Å². The van der Waals surface area contributed by atoms with Crippen molar-refractivity contribution in [3.8, 4) is 66.8 Å². The smallest absolute Gasteiger partial charge is 0.0446 e. The van der Waals surface area contributed by atoms with E-state index in [1.54, 1.807) is 0 Å². The minimum absolute atomic E-state index is 0.730. The highest BCUT2D eigenvalue weighted by molar-refractivity contribution is 7.81. The summed E-state index contributed by atoms with van der Waals surface area (Å²) in [5, 5.41) is 0. The normalized spacial score (nSPS) is 11.4. The first-order valence-corrected chi connectivity index (χ1v) is 21.8. The molecule has 9 aromatic carbocycles. The maximum Gasteiger partial charge on any atom is 0.0446 e. The summed E-state index contributed by atoms with van der Waals surface area (Å²) in [5.74, 6) is 0. The molecule has 0 saturated carbocycles. The van der Waals surface area contributed by atoms with E-state index in [9.17, 15) is 0 Å². The van der Waals surface area contributed by atoms with Crippen LogP contribution < -0.4 is 0 Å². The Labute approximate surface area is 375 Å². The molecule has 0 unspecified atom stereocenters. The maximum atomic E-state index is 5.52. The summed E-state index contributed by atoms with van der Waals surface area (Å²) in [7, 11) is 0. The van der Waals surface area contributed by atoms with Crippen molar-refractivity contribution in [2.24, 2.45) is 0 Å². The molecule has 0 heterocycles. The van der Waals surface area contributed by atoms with Crippen molar-refractivity contribution < 1.29 is 0 Å². The van der Waals surface area contributed by atoms with Gasteiger partial charge in [0.25, 0.3) is 0 Å². The molecule has 0 bridgehead atoms. The van der Waals surface area contributed by atoms with Gasteiger partial charge >= 0.3 is 0 Å². The molecule has 9 aromatic rings. The number of hydrogen-bond acceptors (Lipinski definition) is 4.